The number of carbonyl (C=O) groups is 1. The first-order valence-electron chi connectivity index (χ1n) is 5.71. The minimum absolute atomic E-state index is 0.177. The molecular formula is C14H13FO. The summed E-state index contributed by atoms with van der Waals surface area (Å²) in [7, 11) is 0. The van der Waals surface area contributed by atoms with Crippen molar-refractivity contribution in [1.82, 2.24) is 0 Å². The van der Waals surface area contributed by atoms with E-state index < -0.39 is 0 Å². The van der Waals surface area contributed by atoms with Crippen LogP contribution in [0.3, 0.4) is 0 Å². The number of Topliss-reactive ketones (excluding diaryl/α,β-unsaturated/α-hetero) is 1. The van der Waals surface area contributed by atoms with Crippen molar-refractivity contribution in [3.63, 3.8) is 0 Å². The third-order valence-electron chi connectivity index (χ3n) is 3.75. The highest BCUT2D eigenvalue weighted by atomic mass is 19.1. The number of benzene rings is 1. The number of rotatable bonds is 0. The summed E-state index contributed by atoms with van der Waals surface area (Å²) in [6, 6.07) is 5.17. The fourth-order valence-electron chi connectivity index (χ4n) is 2.97. The normalized spacial score (nSPS) is 27.4. The summed E-state index contributed by atoms with van der Waals surface area (Å²) in [6.45, 7) is 0. The monoisotopic (exact) mass is 216 g/mol. The summed E-state index contributed by atoms with van der Waals surface area (Å²) in [4.78, 5) is 11.6. The molecule has 1 aromatic carbocycles. The quantitative estimate of drug-likeness (QED) is 0.650. The number of halogens is 1. The average molecular weight is 216 g/mol. The Hall–Kier alpha value is -1.44. The van der Waals surface area contributed by atoms with Gasteiger partial charge in [-0.05, 0) is 24.5 Å². The lowest BCUT2D eigenvalue weighted by Gasteiger charge is -2.32. The molecule has 0 saturated heterocycles. The molecule has 1 fully saturated rings. The largest absolute Gasteiger partial charge is 0.300 e. The van der Waals surface area contributed by atoms with Gasteiger partial charge in [0.1, 0.15) is 11.6 Å². The predicted molar refractivity (Wildman–Crippen MR) is 60.6 cm³/mol. The second-order valence-corrected chi connectivity index (χ2v) is 4.76. The Labute approximate surface area is 94.0 Å². The minimum atomic E-state index is -0.202. The number of hydrogen-bond donors (Lipinski definition) is 0. The molecule has 2 heteroatoms. The number of ketones is 1. The van der Waals surface area contributed by atoms with Crippen LogP contribution in [0, 0.1) is 5.82 Å². The molecule has 1 unspecified atom stereocenters. The molecule has 1 nitrogen and oxygen atoms in total. The van der Waals surface area contributed by atoms with E-state index in [-0.39, 0.29) is 11.2 Å². The smallest absolute Gasteiger partial charge is 0.134 e. The number of carbonyl (C=O) groups excluding carboxylic acids is 1. The lowest BCUT2D eigenvalue weighted by Crippen LogP contribution is -2.30. The van der Waals surface area contributed by atoms with Gasteiger partial charge < -0.3 is 0 Å². The van der Waals surface area contributed by atoms with Gasteiger partial charge in [0, 0.05) is 23.8 Å². The van der Waals surface area contributed by atoms with Gasteiger partial charge in [-0.2, -0.15) is 0 Å². The van der Waals surface area contributed by atoms with Crippen molar-refractivity contribution in [2.45, 2.75) is 31.1 Å². The molecule has 0 radical (unpaired) electrons. The molecule has 0 amide bonds. The molecule has 2 aliphatic rings. The molecule has 1 saturated carbocycles. The summed E-state index contributed by atoms with van der Waals surface area (Å²) in [5.41, 5.74) is 1.48. The first-order chi connectivity index (χ1) is 7.71. The van der Waals surface area contributed by atoms with E-state index in [0.29, 0.717) is 24.2 Å². The lowest BCUT2D eigenvalue weighted by molar-refractivity contribution is -0.121. The van der Waals surface area contributed by atoms with E-state index in [1.807, 2.05) is 18.2 Å². The van der Waals surface area contributed by atoms with Crippen molar-refractivity contribution in [2.24, 2.45) is 0 Å². The molecule has 16 heavy (non-hydrogen) atoms. The predicted octanol–water partition coefficient (Wildman–Crippen LogP) is 3.23. The summed E-state index contributed by atoms with van der Waals surface area (Å²) in [6.07, 6.45) is 6.96. The molecule has 1 aromatic rings. The van der Waals surface area contributed by atoms with E-state index in [1.54, 1.807) is 6.07 Å². The van der Waals surface area contributed by atoms with Gasteiger partial charge in [0.25, 0.3) is 0 Å². The molecular weight excluding hydrogens is 203 g/mol. The Morgan fingerprint density at radius 2 is 2.19 bits per heavy atom. The maximum Gasteiger partial charge on any atom is 0.134 e. The van der Waals surface area contributed by atoms with Crippen molar-refractivity contribution in [1.29, 1.82) is 0 Å². The van der Waals surface area contributed by atoms with Gasteiger partial charge in [0.2, 0.25) is 0 Å². The third kappa shape index (κ3) is 1.26. The molecule has 2 aliphatic carbocycles. The lowest BCUT2D eigenvalue weighted by atomic mass is 9.70. The maximum absolute atomic E-state index is 13.6. The van der Waals surface area contributed by atoms with E-state index in [2.05, 4.69) is 0 Å². The summed E-state index contributed by atoms with van der Waals surface area (Å²) >= 11 is 0. The number of fused-ring (bicyclic) bond motifs is 2. The van der Waals surface area contributed by atoms with Crippen molar-refractivity contribution in [2.75, 3.05) is 0 Å². The molecule has 0 bridgehead atoms. The molecule has 0 aromatic heterocycles. The number of hydrogen-bond acceptors (Lipinski definition) is 1. The minimum Gasteiger partial charge on any atom is -0.300 e. The van der Waals surface area contributed by atoms with Gasteiger partial charge in [0.05, 0.1) is 0 Å². The topological polar surface area (TPSA) is 17.1 Å². The van der Waals surface area contributed by atoms with Gasteiger partial charge >= 0.3 is 0 Å². The SMILES string of the molecule is O=C1CCCC2(C=Cc3c(F)cccc32)C1. The average Bonchev–Trinajstić information content (AvgIpc) is 2.59. The van der Waals surface area contributed by atoms with Crippen molar-refractivity contribution in [3.8, 4) is 0 Å². The first-order valence-corrected chi connectivity index (χ1v) is 5.71. The highest BCUT2D eigenvalue weighted by Gasteiger charge is 2.39. The molecule has 1 spiro atoms. The standard InChI is InChI=1S/C14H13FO/c15-13-5-1-4-12-11(13)6-8-14(12)7-2-3-10(16)9-14/h1,4-6,8H,2-3,7,9H2. The molecule has 0 heterocycles. The molecule has 0 N–H and O–H groups in total. The summed E-state index contributed by atoms with van der Waals surface area (Å²) < 4.78 is 13.6. The van der Waals surface area contributed by atoms with E-state index in [0.717, 1.165) is 18.4 Å². The van der Waals surface area contributed by atoms with Crippen LogP contribution in [0.15, 0.2) is 24.3 Å². The second-order valence-electron chi connectivity index (χ2n) is 4.76. The maximum atomic E-state index is 13.6. The Balaban J connectivity index is 2.11. The molecule has 82 valence electrons. The molecule has 1 atom stereocenters. The van der Waals surface area contributed by atoms with Gasteiger partial charge in [0.15, 0.2) is 0 Å². The second kappa shape index (κ2) is 3.27. The Kier molecular flexibility index (Phi) is 2.00. The fraction of sp³-hybridized carbons (Fsp3) is 0.357. The van der Waals surface area contributed by atoms with Crippen LogP contribution < -0.4 is 0 Å². The van der Waals surface area contributed by atoms with Crippen molar-refractivity contribution in [3.05, 3.63) is 41.2 Å². The van der Waals surface area contributed by atoms with Crippen LogP contribution in [0.2, 0.25) is 0 Å². The molecule has 0 aliphatic heterocycles. The highest BCUT2D eigenvalue weighted by molar-refractivity contribution is 5.83. The number of allylic oxidation sites excluding steroid dienone is 1. The van der Waals surface area contributed by atoms with Crippen LogP contribution in [0.4, 0.5) is 4.39 Å². The summed E-state index contributed by atoms with van der Waals surface area (Å²) in [5.74, 6) is 0.122. The van der Waals surface area contributed by atoms with Gasteiger partial charge in [-0.25, -0.2) is 4.39 Å². The van der Waals surface area contributed by atoms with Crippen molar-refractivity contribution >= 4 is 11.9 Å². The van der Waals surface area contributed by atoms with Gasteiger partial charge in [-0.15, -0.1) is 0 Å². The first kappa shape index (κ1) is 9.76. The van der Waals surface area contributed by atoms with Crippen LogP contribution in [-0.2, 0) is 10.2 Å². The van der Waals surface area contributed by atoms with E-state index in [4.69, 9.17) is 0 Å². The summed E-state index contributed by atoms with van der Waals surface area (Å²) in [5, 5.41) is 0. The Morgan fingerprint density at radius 3 is 3.00 bits per heavy atom. The van der Waals surface area contributed by atoms with E-state index >= 15 is 0 Å². The van der Waals surface area contributed by atoms with Crippen LogP contribution in [0.5, 0.6) is 0 Å². The zero-order chi connectivity index (χ0) is 11.2. The fourth-order valence-corrected chi connectivity index (χ4v) is 2.97. The van der Waals surface area contributed by atoms with Gasteiger partial charge in [-0.3, -0.25) is 4.79 Å². The van der Waals surface area contributed by atoms with Crippen molar-refractivity contribution < 1.29 is 9.18 Å². The molecule has 3 rings (SSSR count). The van der Waals surface area contributed by atoms with Gasteiger partial charge in [-0.1, -0.05) is 24.3 Å². The Morgan fingerprint density at radius 1 is 1.31 bits per heavy atom. The Bertz CT molecular complexity index is 490. The van der Waals surface area contributed by atoms with E-state index in [1.165, 1.54) is 6.07 Å². The van der Waals surface area contributed by atoms with Crippen LogP contribution in [-0.4, -0.2) is 5.78 Å². The zero-order valence-corrected chi connectivity index (χ0v) is 9.00. The van der Waals surface area contributed by atoms with E-state index in [9.17, 15) is 9.18 Å². The van der Waals surface area contributed by atoms with Crippen LogP contribution in [0.1, 0.15) is 36.8 Å². The highest BCUT2D eigenvalue weighted by Crippen LogP contribution is 2.45. The van der Waals surface area contributed by atoms with Crippen LogP contribution in [0.25, 0.3) is 6.08 Å². The zero-order valence-electron chi connectivity index (χ0n) is 9.00. The van der Waals surface area contributed by atoms with Crippen LogP contribution >= 0.6 is 0 Å². The third-order valence-corrected chi connectivity index (χ3v) is 3.75.